The number of nitro benzene ring substituents is 1. The van der Waals surface area contributed by atoms with Crippen LogP contribution in [-0.2, 0) is 11.2 Å². The Morgan fingerprint density at radius 3 is 2.57 bits per heavy atom. The molecule has 0 radical (unpaired) electrons. The first kappa shape index (κ1) is 13.8. The second kappa shape index (κ2) is 5.29. The number of nitro groups is 1. The number of carbonyl (C=O) groups excluding carboxylic acids is 1. The smallest absolute Gasteiger partial charge is 0.284 e. The van der Waals surface area contributed by atoms with Gasteiger partial charge in [-0.15, -0.1) is 0 Å². The van der Waals surface area contributed by atoms with Crippen LogP contribution in [0, 0.1) is 10.1 Å². The maximum absolute atomic E-state index is 11.3. The Labute approximate surface area is 129 Å². The first-order chi connectivity index (χ1) is 10.0. The molecule has 1 amide bonds. The Hall–Kier alpha value is -2.21. The zero-order chi connectivity index (χ0) is 15.0. The number of fused-ring (bicyclic) bond motifs is 1. The van der Waals surface area contributed by atoms with E-state index in [9.17, 15) is 14.9 Å². The van der Waals surface area contributed by atoms with Crippen LogP contribution in [0.1, 0.15) is 12.0 Å². The summed E-state index contributed by atoms with van der Waals surface area (Å²) in [4.78, 5) is 21.9. The van der Waals surface area contributed by atoms with Crippen LogP contribution in [0.5, 0.6) is 0 Å². The van der Waals surface area contributed by atoms with E-state index >= 15 is 0 Å². The lowest BCUT2D eigenvalue weighted by Crippen LogP contribution is -2.18. The summed E-state index contributed by atoms with van der Waals surface area (Å²) in [6.07, 6.45) is 1.16. The molecule has 1 aliphatic heterocycles. The fourth-order valence-corrected chi connectivity index (χ4v) is 2.79. The molecule has 0 bridgehead atoms. The lowest BCUT2D eigenvalue weighted by Gasteiger charge is -2.17. The SMILES string of the molecule is O=C1CCc2cc(-c3ccc(Br)c([N+](=O)[O-])c3)ccc2N1. The number of hydrogen-bond acceptors (Lipinski definition) is 3. The Balaban J connectivity index is 2.03. The highest BCUT2D eigenvalue weighted by Crippen LogP contribution is 2.33. The van der Waals surface area contributed by atoms with Crippen LogP contribution in [0.15, 0.2) is 40.9 Å². The van der Waals surface area contributed by atoms with Gasteiger partial charge in [-0.3, -0.25) is 14.9 Å². The Kier molecular flexibility index (Phi) is 3.47. The fourth-order valence-electron chi connectivity index (χ4n) is 2.40. The average molecular weight is 347 g/mol. The van der Waals surface area contributed by atoms with Crippen molar-refractivity contribution >= 4 is 33.2 Å². The van der Waals surface area contributed by atoms with E-state index in [1.54, 1.807) is 12.1 Å². The normalized spacial score (nSPS) is 13.5. The van der Waals surface area contributed by atoms with Gasteiger partial charge in [0.15, 0.2) is 0 Å². The van der Waals surface area contributed by atoms with E-state index in [4.69, 9.17) is 0 Å². The molecule has 2 aromatic rings. The van der Waals surface area contributed by atoms with Crippen molar-refractivity contribution in [2.75, 3.05) is 5.32 Å². The van der Waals surface area contributed by atoms with E-state index in [0.717, 1.165) is 22.4 Å². The monoisotopic (exact) mass is 346 g/mol. The van der Waals surface area contributed by atoms with Gasteiger partial charge in [-0.1, -0.05) is 12.1 Å². The summed E-state index contributed by atoms with van der Waals surface area (Å²) in [5, 5.41) is 13.8. The molecule has 0 unspecified atom stereocenters. The number of benzene rings is 2. The Morgan fingerprint density at radius 1 is 1.10 bits per heavy atom. The third-order valence-electron chi connectivity index (χ3n) is 3.48. The van der Waals surface area contributed by atoms with Crippen molar-refractivity contribution in [3.63, 3.8) is 0 Å². The van der Waals surface area contributed by atoms with E-state index in [0.29, 0.717) is 17.3 Å². The van der Waals surface area contributed by atoms with Gasteiger partial charge in [0.25, 0.3) is 5.69 Å². The third-order valence-corrected chi connectivity index (χ3v) is 4.15. The van der Waals surface area contributed by atoms with E-state index in [1.165, 1.54) is 0 Å². The number of anilines is 1. The molecule has 2 aromatic carbocycles. The number of nitrogens with one attached hydrogen (secondary N) is 1. The molecule has 21 heavy (non-hydrogen) atoms. The molecule has 0 saturated carbocycles. The molecule has 1 N–H and O–H groups in total. The van der Waals surface area contributed by atoms with Gasteiger partial charge in [-0.25, -0.2) is 0 Å². The third kappa shape index (κ3) is 2.67. The summed E-state index contributed by atoms with van der Waals surface area (Å²) in [5.74, 6) is 0.0227. The molecular formula is C15H11BrN2O3. The van der Waals surface area contributed by atoms with Crippen molar-refractivity contribution in [2.45, 2.75) is 12.8 Å². The van der Waals surface area contributed by atoms with Gasteiger partial charge in [-0.05, 0) is 57.2 Å². The molecule has 1 aliphatic rings. The number of hydrogen-bond donors (Lipinski definition) is 1. The lowest BCUT2D eigenvalue weighted by molar-refractivity contribution is -0.385. The highest BCUT2D eigenvalue weighted by atomic mass is 79.9. The minimum atomic E-state index is -0.411. The number of rotatable bonds is 2. The van der Waals surface area contributed by atoms with Crippen LogP contribution in [0.4, 0.5) is 11.4 Å². The van der Waals surface area contributed by atoms with Gasteiger partial charge in [0, 0.05) is 18.2 Å². The van der Waals surface area contributed by atoms with Gasteiger partial charge >= 0.3 is 0 Å². The highest BCUT2D eigenvalue weighted by molar-refractivity contribution is 9.10. The number of amides is 1. The van der Waals surface area contributed by atoms with Crippen LogP contribution in [0.25, 0.3) is 11.1 Å². The van der Waals surface area contributed by atoms with Gasteiger partial charge in [0.05, 0.1) is 9.40 Å². The van der Waals surface area contributed by atoms with Crippen molar-refractivity contribution in [3.05, 3.63) is 56.5 Å². The Morgan fingerprint density at radius 2 is 1.81 bits per heavy atom. The zero-order valence-electron chi connectivity index (χ0n) is 10.9. The van der Waals surface area contributed by atoms with Gasteiger partial charge in [0.1, 0.15) is 0 Å². The van der Waals surface area contributed by atoms with E-state index in [2.05, 4.69) is 21.2 Å². The summed E-state index contributed by atoms with van der Waals surface area (Å²) < 4.78 is 0.460. The van der Waals surface area contributed by atoms with Crippen LogP contribution < -0.4 is 5.32 Å². The molecule has 0 aliphatic carbocycles. The van der Waals surface area contributed by atoms with Crippen LogP contribution in [0.3, 0.4) is 0 Å². The number of carbonyl (C=O) groups is 1. The molecule has 5 nitrogen and oxygen atoms in total. The van der Waals surface area contributed by atoms with Gasteiger partial charge in [0.2, 0.25) is 5.91 Å². The zero-order valence-corrected chi connectivity index (χ0v) is 12.5. The van der Waals surface area contributed by atoms with Gasteiger partial charge < -0.3 is 5.32 Å². The van der Waals surface area contributed by atoms with E-state index < -0.39 is 4.92 Å². The van der Waals surface area contributed by atoms with Crippen LogP contribution in [0.2, 0.25) is 0 Å². The average Bonchev–Trinajstić information content (AvgIpc) is 2.47. The summed E-state index contributed by atoms with van der Waals surface area (Å²) in [6.45, 7) is 0. The largest absolute Gasteiger partial charge is 0.326 e. The molecule has 106 valence electrons. The number of nitrogens with zero attached hydrogens (tertiary/aromatic N) is 1. The molecule has 0 spiro atoms. The maximum atomic E-state index is 11.3. The maximum Gasteiger partial charge on any atom is 0.284 e. The van der Waals surface area contributed by atoms with Crippen molar-refractivity contribution in [1.29, 1.82) is 0 Å². The van der Waals surface area contributed by atoms with Crippen molar-refractivity contribution in [3.8, 4) is 11.1 Å². The second-order valence-corrected chi connectivity index (χ2v) is 5.70. The predicted octanol–water partition coefficient (Wildman–Crippen LogP) is 3.91. The summed E-state index contributed by atoms with van der Waals surface area (Å²) in [6, 6.07) is 10.7. The molecule has 0 aromatic heterocycles. The number of halogens is 1. The summed E-state index contributed by atoms with van der Waals surface area (Å²) in [5.41, 5.74) is 3.60. The summed E-state index contributed by atoms with van der Waals surface area (Å²) >= 11 is 3.18. The second-order valence-electron chi connectivity index (χ2n) is 4.84. The molecular weight excluding hydrogens is 336 g/mol. The van der Waals surface area contributed by atoms with Crippen LogP contribution in [-0.4, -0.2) is 10.8 Å². The Bertz CT molecular complexity index is 759. The molecule has 0 fully saturated rings. The standard InChI is InChI=1S/C15H11BrN2O3/c16-12-4-1-10(8-14(12)18(20)21)9-2-5-13-11(7-9)3-6-15(19)17-13/h1-2,4-5,7-8H,3,6H2,(H,17,19). The number of aryl methyl sites for hydroxylation is 1. The van der Waals surface area contributed by atoms with E-state index in [1.807, 2.05) is 24.3 Å². The van der Waals surface area contributed by atoms with Crippen molar-refractivity contribution in [1.82, 2.24) is 0 Å². The van der Waals surface area contributed by atoms with E-state index in [-0.39, 0.29) is 11.6 Å². The predicted molar refractivity (Wildman–Crippen MR) is 83.2 cm³/mol. The van der Waals surface area contributed by atoms with Crippen molar-refractivity contribution in [2.24, 2.45) is 0 Å². The fraction of sp³-hybridized carbons (Fsp3) is 0.133. The molecule has 0 saturated heterocycles. The summed E-state index contributed by atoms with van der Waals surface area (Å²) in [7, 11) is 0. The minimum Gasteiger partial charge on any atom is -0.326 e. The first-order valence-corrected chi connectivity index (χ1v) is 7.21. The molecule has 1 heterocycles. The quantitative estimate of drug-likeness (QED) is 0.661. The highest BCUT2D eigenvalue weighted by Gasteiger charge is 2.17. The molecule has 3 rings (SSSR count). The van der Waals surface area contributed by atoms with Crippen LogP contribution >= 0.6 is 15.9 Å². The molecule has 6 heteroatoms. The topological polar surface area (TPSA) is 72.2 Å². The van der Waals surface area contributed by atoms with Crippen molar-refractivity contribution < 1.29 is 9.72 Å². The lowest BCUT2D eigenvalue weighted by atomic mass is 9.97. The minimum absolute atomic E-state index is 0.0227. The van der Waals surface area contributed by atoms with Gasteiger partial charge in [-0.2, -0.15) is 0 Å². The molecule has 0 atom stereocenters. The first-order valence-electron chi connectivity index (χ1n) is 6.42.